The Labute approximate surface area is 127 Å². The second kappa shape index (κ2) is 6.85. The van der Waals surface area contributed by atoms with Crippen LogP contribution in [0.15, 0.2) is 24.4 Å². The maximum Gasteiger partial charge on any atom is 0.212 e. The zero-order chi connectivity index (χ0) is 15.3. The molecular formula is C15H25N3O2S. The van der Waals surface area contributed by atoms with E-state index in [9.17, 15) is 8.42 Å². The highest BCUT2D eigenvalue weighted by molar-refractivity contribution is 7.89. The highest BCUT2D eigenvalue weighted by atomic mass is 32.2. The molecule has 0 spiro atoms. The number of hydrogen-bond acceptors (Lipinski definition) is 4. The number of hydrogen-bond donors (Lipinski definition) is 2. The van der Waals surface area contributed by atoms with Crippen LogP contribution in [0.25, 0.3) is 0 Å². The summed E-state index contributed by atoms with van der Waals surface area (Å²) in [6, 6.07) is 5.54. The zero-order valence-electron chi connectivity index (χ0n) is 12.6. The van der Waals surface area contributed by atoms with E-state index in [0.29, 0.717) is 13.0 Å². The predicted molar refractivity (Wildman–Crippen MR) is 84.3 cm³/mol. The summed E-state index contributed by atoms with van der Waals surface area (Å²) in [5.74, 6) is 0.333. The van der Waals surface area contributed by atoms with Crippen LogP contribution in [0.5, 0.6) is 0 Å². The molecule has 0 aliphatic heterocycles. The summed E-state index contributed by atoms with van der Waals surface area (Å²) in [4.78, 5) is 4.16. The van der Waals surface area contributed by atoms with Crippen molar-refractivity contribution in [3.63, 3.8) is 0 Å². The van der Waals surface area contributed by atoms with Crippen molar-refractivity contribution in [3.8, 4) is 0 Å². The minimum absolute atomic E-state index is 0.0541. The lowest BCUT2D eigenvalue weighted by molar-refractivity contribution is 0.191. The van der Waals surface area contributed by atoms with Gasteiger partial charge < -0.3 is 5.73 Å². The van der Waals surface area contributed by atoms with Gasteiger partial charge in [-0.1, -0.05) is 25.8 Å². The van der Waals surface area contributed by atoms with Crippen molar-refractivity contribution in [2.24, 2.45) is 11.7 Å². The fourth-order valence-electron chi connectivity index (χ4n) is 3.06. The second-order valence-electron chi connectivity index (χ2n) is 6.00. The Morgan fingerprint density at radius 1 is 1.43 bits per heavy atom. The molecule has 1 heterocycles. The van der Waals surface area contributed by atoms with E-state index >= 15 is 0 Å². The average molecular weight is 311 g/mol. The van der Waals surface area contributed by atoms with E-state index in [2.05, 4.69) is 16.6 Å². The van der Waals surface area contributed by atoms with Crippen LogP contribution in [0, 0.1) is 5.92 Å². The number of rotatable bonds is 6. The third-order valence-electron chi connectivity index (χ3n) is 4.53. The molecule has 21 heavy (non-hydrogen) atoms. The fourth-order valence-corrected chi connectivity index (χ4v) is 4.64. The maximum absolute atomic E-state index is 12.4. The summed E-state index contributed by atoms with van der Waals surface area (Å²) >= 11 is 0. The van der Waals surface area contributed by atoms with Crippen molar-refractivity contribution in [2.45, 2.75) is 44.6 Å². The Kier molecular flexibility index (Phi) is 5.35. The number of sulfonamides is 1. The first-order chi connectivity index (χ1) is 9.97. The number of aromatic nitrogens is 1. The van der Waals surface area contributed by atoms with Gasteiger partial charge in [0.05, 0.1) is 5.75 Å². The van der Waals surface area contributed by atoms with E-state index in [-0.39, 0.29) is 11.7 Å². The van der Waals surface area contributed by atoms with Gasteiger partial charge in [-0.25, -0.2) is 13.1 Å². The summed E-state index contributed by atoms with van der Waals surface area (Å²) in [7, 11) is -3.35. The molecule has 0 aromatic carbocycles. The van der Waals surface area contributed by atoms with Crippen molar-refractivity contribution in [1.29, 1.82) is 0 Å². The largest absolute Gasteiger partial charge is 0.329 e. The summed E-state index contributed by atoms with van der Waals surface area (Å²) < 4.78 is 27.7. The molecule has 1 saturated carbocycles. The lowest BCUT2D eigenvalue weighted by atomic mass is 9.74. The van der Waals surface area contributed by atoms with Crippen molar-refractivity contribution in [1.82, 2.24) is 9.71 Å². The summed E-state index contributed by atoms with van der Waals surface area (Å²) in [5, 5.41) is 0. The molecule has 2 unspecified atom stereocenters. The van der Waals surface area contributed by atoms with Gasteiger partial charge in [-0.3, -0.25) is 4.98 Å². The summed E-state index contributed by atoms with van der Waals surface area (Å²) in [6.07, 6.45) is 6.14. The van der Waals surface area contributed by atoms with Crippen molar-refractivity contribution in [2.75, 3.05) is 12.3 Å². The first-order valence-electron chi connectivity index (χ1n) is 7.59. The van der Waals surface area contributed by atoms with E-state index in [1.54, 1.807) is 6.20 Å². The van der Waals surface area contributed by atoms with Crippen LogP contribution in [-0.2, 0) is 16.4 Å². The normalized spacial score (nSPS) is 26.7. The van der Waals surface area contributed by atoms with E-state index in [0.717, 1.165) is 31.4 Å². The maximum atomic E-state index is 12.4. The van der Waals surface area contributed by atoms with E-state index in [1.165, 1.54) is 0 Å². The smallest absolute Gasteiger partial charge is 0.212 e. The zero-order valence-corrected chi connectivity index (χ0v) is 13.4. The quantitative estimate of drug-likeness (QED) is 0.833. The molecule has 2 atom stereocenters. The molecule has 1 aromatic rings. The van der Waals surface area contributed by atoms with Gasteiger partial charge in [0.15, 0.2) is 0 Å². The summed E-state index contributed by atoms with van der Waals surface area (Å²) in [6.45, 7) is 2.45. The first-order valence-corrected chi connectivity index (χ1v) is 9.24. The molecule has 3 N–H and O–H groups in total. The SMILES string of the molecule is CC1CCCCC1(CN)NS(=O)(=O)CCc1ccccn1. The van der Waals surface area contributed by atoms with Gasteiger partial charge >= 0.3 is 0 Å². The van der Waals surface area contributed by atoms with Crippen molar-refractivity contribution in [3.05, 3.63) is 30.1 Å². The monoisotopic (exact) mass is 311 g/mol. The lowest BCUT2D eigenvalue weighted by Gasteiger charge is -2.42. The van der Waals surface area contributed by atoms with Gasteiger partial charge in [-0.05, 0) is 30.9 Å². The second-order valence-corrected chi connectivity index (χ2v) is 7.84. The predicted octanol–water partition coefficient (Wildman–Crippen LogP) is 1.45. The number of nitrogens with one attached hydrogen (secondary N) is 1. The molecule has 1 fully saturated rings. The molecule has 0 amide bonds. The molecule has 1 aliphatic carbocycles. The molecule has 5 nitrogen and oxygen atoms in total. The van der Waals surface area contributed by atoms with Gasteiger partial charge in [0.1, 0.15) is 0 Å². The topological polar surface area (TPSA) is 85.1 Å². The van der Waals surface area contributed by atoms with E-state index in [4.69, 9.17) is 5.73 Å². The van der Waals surface area contributed by atoms with Crippen LogP contribution in [0.2, 0.25) is 0 Å². The Morgan fingerprint density at radius 2 is 2.24 bits per heavy atom. The Hall–Kier alpha value is -0.980. The Balaban J connectivity index is 2.02. The van der Waals surface area contributed by atoms with Crippen LogP contribution in [0.3, 0.4) is 0 Å². The molecule has 0 bridgehead atoms. The van der Waals surface area contributed by atoms with Crippen molar-refractivity contribution >= 4 is 10.0 Å². The molecule has 2 rings (SSSR count). The molecule has 118 valence electrons. The number of nitrogens with two attached hydrogens (primary N) is 1. The third kappa shape index (κ3) is 4.25. The minimum Gasteiger partial charge on any atom is -0.329 e. The standard InChI is InChI=1S/C15H25N3O2S/c1-13-6-2-4-9-15(13,12-16)18-21(19,20)11-8-14-7-3-5-10-17-14/h3,5,7,10,13,18H,2,4,6,8-9,11-12,16H2,1H3. The van der Waals surface area contributed by atoms with Crippen LogP contribution in [0.1, 0.15) is 38.3 Å². The Morgan fingerprint density at radius 3 is 2.86 bits per heavy atom. The molecule has 1 aromatic heterocycles. The van der Waals surface area contributed by atoms with Crippen molar-refractivity contribution < 1.29 is 8.42 Å². The number of aryl methyl sites for hydroxylation is 1. The Bertz CT molecular complexity index is 547. The van der Waals surface area contributed by atoms with Gasteiger partial charge in [-0.15, -0.1) is 0 Å². The highest BCUT2D eigenvalue weighted by Crippen LogP contribution is 2.33. The fraction of sp³-hybridized carbons (Fsp3) is 0.667. The number of nitrogens with zero attached hydrogens (tertiary/aromatic N) is 1. The van der Waals surface area contributed by atoms with Gasteiger partial charge in [0, 0.05) is 30.4 Å². The van der Waals surface area contributed by atoms with Crippen LogP contribution < -0.4 is 10.5 Å². The van der Waals surface area contributed by atoms with Gasteiger partial charge in [0.2, 0.25) is 10.0 Å². The van der Waals surface area contributed by atoms with Crippen LogP contribution in [-0.4, -0.2) is 31.2 Å². The first kappa shape index (κ1) is 16.4. The minimum atomic E-state index is -3.35. The molecule has 6 heteroatoms. The van der Waals surface area contributed by atoms with Crippen LogP contribution >= 0.6 is 0 Å². The lowest BCUT2D eigenvalue weighted by Crippen LogP contribution is -2.59. The molecule has 0 saturated heterocycles. The van der Waals surface area contributed by atoms with Gasteiger partial charge in [-0.2, -0.15) is 0 Å². The highest BCUT2D eigenvalue weighted by Gasteiger charge is 2.39. The summed E-state index contributed by atoms with van der Waals surface area (Å²) in [5.41, 5.74) is 6.23. The average Bonchev–Trinajstić information content (AvgIpc) is 2.49. The molecular weight excluding hydrogens is 286 g/mol. The van der Waals surface area contributed by atoms with Crippen LogP contribution in [0.4, 0.5) is 0 Å². The molecule has 0 radical (unpaired) electrons. The van der Waals surface area contributed by atoms with E-state index < -0.39 is 15.6 Å². The van der Waals surface area contributed by atoms with Gasteiger partial charge in [0.25, 0.3) is 0 Å². The number of pyridine rings is 1. The third-order valence-corrected chi connectivity index (χ3v) is 5.99. The molecule has 1 aliphatic rings. The van der Waals surface area contributed by atoms with E-state index in [1.807, 2.05) is 18.2 Å².